The van der Waals surface area contributed by atoms with Crippen molar-refractivity contribution < 1.29 is 14.3 Å². The summed E-state index contributed by atoms with van der Waals surface area (Å²) in [5, 5.41) is 1.06. The lowest BCUT2D eigenvalue weighted by Gasteiger charge is -2.10. The largest absolute Gasteiger partial charge is 0.460 e. The van der Waals surface area contributed by atoms with E-state index in [2.05, 4.69) is 0 Å². The third kappa shape index (κ3) is 2.62. The van der Waals surface area contributed by atoms with Gasteiger partial charge in [-0.2, -0.15) is 0 Å². The van der Waals surface area contributed by atoms with Crippen molar-refractivity contribution in [2.75, 3.05) is 6.54 Å². The molecule has 2 N–H and O–H groups in total. The fraction of sp³-hybridized carbons (Fsp3) is 0.333. The summed E-state index contributed by atoms with van der Waals surface area (Å²) in [4.78, 5) is 23.1. The van der Waals surface area contributed by atoms with Crippen LogP contribution < -0.4 is 5.84 Å². The van der Waals surface area contributed by atoms with Crippen LogP contribution in [0.1, 0.15) is 12.0 Å². The number of hydrazine groups is 1. The SMILES string of the molecule is NN1CC[C@@H](C(=O)OCc2ccccc2)C1=O. The molecule has 1 atom stereocenters. The second-order valence-corrected chi connectivity index (χ2v) is 3.97. The number of hydrogen-bond donors (Lipinski definition) is 1. The van der Waals surface area contributed by atoms with Crippen LogP contribution in [-0.4, -0.2) is 23.4 Å². The number of amides is 1. The number of rotatable bonds is 3. The Bertz CT molecular complexity index is 419. The molecule has 0 spiro atoms. The van der Waals surface area contributed by atoms with Crippen molar-refractivity contribution >= 4 is 11.9 Å². The average molecular weight is 234 g/mol. The van der Waals surface area contributed by atoms with E-state index >= 15 is 0 Å². The molecule has 0 aromatic heterocycles. The number of carbonyl (C=O) groups excluding carboxylic acids is 2. The van der Waals surface area contributed by atoms with E-state index in [4.69, 9.17) is 10.6 Å². The van der Waals surface area contributed by atoms with Gasteiger partial charge in [-0.05, 0) is 12.0 Å². The van der Waals surface area contributed by atoms with E-state index in [0.717, 1.165) is 10.6 Å². The van der Waals surface area contributed by atoms with Gasteiger partial charge in [0.15, 0.2) is 0 Å². The van der Waals surface area contributed by atoms with Gasteiger partial charge in [0.25, 0.3) is 5.91 Å². The minimum absolute atomic E-state index is 0.189. The summed E-state index contributed by atoms with van der Waals surface area (Å²) < 4.78 is 5.09. The number of carbonyl (C=O) groups is 2. The Labute approximate surface area is 99.1 Å². The van der Waals surface area contributed by atoms with Crippen molar-refractivity contribution in [3.8, 4) is 0 Å². The van der Waals surface area contributed by atoms with Gasteiger partial charge in [-0.15, -0.1) is 0 Å². The van der Waals surface area contributed by atoms with Gasteiger partial charge < -0.3 is 4.74 Å². The average Bonchev–Trinajstić information content (AvgIpc) is 2.69. The Morgan fingerprint density at radius 2 is 2.12 bits per heavy atom. The fourth-order valence-electron chi connectivity index (χ4n) is 1.75. The molecule has 5 nitrogen and oxygen atoms in total. The Morgan fingerprint density at radius 3 is 2.71 bits per heavy atom. The predicted octanol–water partition coefficient (Wildman–Crippen LogP) is 0.452. The van der Waals surface area contributed by atoms with Crippen LogP contribution in [-0.2, 0) is 20.9 Å². The normalized spacial score (nSPS) is 19.5. The summed E-state index contributed by atoms with van der Waals surface area (Å²) in [5.41, 5.74) is 0.899. The van der Waals surface area contributed by atoms with E-state index < -0.39 is 11.9 Å². The maximum absolute atomic E-state index is 11.6. The number of benzene rings is 1. The standard InChI is InChI=1S/C12H14N2O3/c13-14-7-6-10(11(14)15)12(16)17-8-9-4-2-1-3-5-9/h1-5,10H,6-8,13H2/t10-/m1/s1. The van der Waals surface area contributed by atoms with Crippen LogP contribution in [0.5, 0.6) is 0 Å². The Balaban J connectivity index is 1.88. The monoisotopic (exact) mass is 234 g/mol. The summed E-state index contributed by atoms with van der Waals surface area (Å²) in [7, 11) is 0. The Hall–Kier alpha value is -1.88. The molecular formula is C12H14N2O3. The fourth-order valence-corrected chi connectivity index (χ4v) is 1.75. The molecule has 17 heavy (non-hydrogen) atoms. The van der Waals surface area contributed by atoms with E-state index in [1.54, 1.807) is 0 Å². The lowest BCUT2D eigenvalue weighted by atomic mass is 10.1. The maximum Gasteiger partial charge on any atom is 0.318 e. The minimum atomic E-state index is -0.733. The van der Waals surface area contributed by atoms with Gasteiger partial charge in [-0.1, -0.05) is 30.3 Å². The zero-order chi connectivity index (χ0) is 12.3. The smallest absolute Gasteiger partial charge is 0.318 e. The molecule has 1 amide bonds. The van der Waals surface area contributed by atoms with E-state index in [0.29, 0.717) is 13.0 Å². The maximum atomic E-state index is 11.6. The first-order valence-electron chi connectivity index (χ1n) is 5.45. The summed E-state index contributed by atoms with van der Waals surface area (Å²) in [6.45, 7) is 0.595. The lowest BCUT2D eigenvalue weighted by molar-refractivity contribution is -0.154. The summed E-state index contributed by atoms with van der Waals surface area (Å²) in [6, 6.07) is 9.34. The van der Waals surface area contributed by atoms with E-state index in [9.17, 15) is 9.59 Å². The number of nitrogens with zero attached hydrogens (tertiary/aromatic N) is 1. The van der Waals surface area contributed by atoms with Gasteiger partial charge in [0, 0.05) is 6.54 Å². The quantitative estimate of drug-likeness (QED) is 0.357. The van der Waals surface area contributed by atoms with Crippen molar-refractivity contribution in [1.82, 2.24) is 5.01 Å². The van der Waals surface area contributed by atoms with Crippen molar-refractivity contribution in [2.24, 2.45) is 11.8 Å². The Kier molecular flexibility index (Phi) is 3.39. The topological polar surface area (TPSA) is 72.6 Å². The van der Waals surface area contributed by atoms with Crippen molar-refractivity contribution in [1.29, 1.82) is 0 Å². The molecule has 0 radical (unpaired) electrons. The predicted molar refractivity (Wildman–Crippen MR) is 60.2 cm³/mol. The zero-order valence-corrected chi connectivity index (χ0v) is 9.33. The molecule has 5 heteroatoms. The van der Waals surface area contributed by atoms with E-state index in [1.807, 2.05) is 30.3 Å². The molecule has 0 saturated carbocycles. The Morgan fingerprint density at radius 1 is 1.41 bits per heavy atom. The molecule has 1 fully saturated rings. The highest BCUT2D eigenvalue weighted by Gasteiger charge is 2.36. The van der Waals surface area contributed by atoms with Gasteiger partial charge in [0.2, 0.25) is 0 Å². The van der Waals surface area contributed by atoms with Crippen molar-refractivity contribution in [3.63, 3.8) is 0 Å². The van der Waals surface area contributed by atoms with Gasteiger partial charge in [0.05, 0.1) is 0 Å². The molecule has 2 rings (SSSR count). The number of esters is 1. The van der Waals surface area contributed by atoms with Gasteiger partial charge in [0.1, 0.15) is 12.5 Å². The highest BCUT2D eigenvalue weighted by Crippen LogP contribution is 2.17. The molecular weight excluding hydrogens is 220 g/mol. The molecule has 1 heterocycles. The van der Waals surface area contributed by atoms with Crippen LogP contribution in [0.3, 0.4) is 0 Å². The highest BCUT2D eigenvalue weighted by atomic mass is 16.5. The number of ether oxygens (including phenoxy) is 1. The van der Waals surface area contributed by atoms with Crippen LogP contribution in [0.4, 0.5) is 0 Å². The second kappa shape index (κ2) is 4.97. The van der Waals surface area contributed by atoms with E-state index in [-0.39, 0.29) is 12.5 Å². The molecule has 1 aliphatic rings. The first-order chi connectivity index (χ1) is 8.18. The molecule has 0 aliphatic carbocycles. The first kappa shape index (κ1) is 11.6. The second-order valence-electron chi connectivity index (χ2n) is 3.97. The third-order valence-corrected chi connectivity index (χ3v) is 2.75. The van der Waals surface area contributed by atoms with Crippen LogP contribution in [0, 0.1) is 5.92 Å². The van der Waals surface area contributed by atoms with Crippen molar-refractivity contribution in [2.45, 2.75) is 13.0 Å². The molecule has 0 unspecified atom stereocenters. The van der Waals surface area contributed by atoms with Crippen LogP contribution >= 0.6 is 0 Å². The summed E-state index contributed by atoms with van der Waals surface area (Å²) >= 11 is 0. The molecule has 90 valence electrons. The molecule has 1 aliphatic heterocycles. The minimum Gasteiger partial charge on any atom is -0.460 e. The zero-order valence-electron chi connectivity index (χ0n) is 9.33. The van der Waals surface area contributed by atoms with E-state index in [1.165, 1.54) is 0 Å². The molecule has 0 bridgehead atoms. The number of nitrogens with two attached hydrogens (primary N) is 1. The molecule has 1 saturated heterocycles. The van der Waals surface area contributed by atoms with Gasteiger partial charge >= 0.3 is 5.97 Å². The summed E-state index contributed by atoms with van der Waals surface area (Å²) in [5.74, 6) is 3.81. The lowest BCUT2D eigenvalue weighted by Crippen LogP contribution is -2.36. The molecule has 1 aromatic carbocycles. The first-order valence-corrected chi connectivity index (χ1v) is 5.45. The molecule has 1 aromatic rings. The van der Waals surface area contributed by atoms with Gasteiger partial charge in [-0.3, -0.25) is 14.6 Å². The van der Waals surface area contributed by atoms with Gasteiger partial charge in [-0.25, -0.2) is 5.84 Å². The third-order valence-electron chi connectivity index (χ3n) is 2.75. The van der Waals surface area contributed by atoms with Crippen LogP contribution in [0.2, 0.25) is 0 Å². The number of hydrogen-bond acceptors (Lipinski definition) is 4. The van der Waals surface area contributed by atoms with Crippen LogP contribution in [0.15, 0.2) is 30.3 Å². The highest BCUT2D eigenvalue weighted by molar-refractivity contribution is 5.98. The van der Waals surface area contributed by atoms with Crippen molar-refractivity contribution in [3.05, 3.63) is 35.9 Å². The van der Waals surface area contributed by atoms with Crippen LogP contribution in [0.25, 0.3) is 0 Å². The summed E-state index contributed by atoms with van der Waals surface area (Å²) in [6.07, 6.45) is 0.433.